The van der Waals surface area contributed by atoms with Crippen molar-refractivity contribution in [3.63, 3.8) is 0 Å². The van der Waals surface area contributed by atoms with Crippen LogP contribution in [0.5, 0.6) is 0 Å². The van der Waals surface area contributed by atoms with Crippen LogP contribution in [0.1, 0.15) is 45.4 Å². The van der Waals surface area contributed by atoms with E-state index < -0.39 is 37.7 Å². The Bertz CT molecular complexity index is 246. The molecule has 3 N–H and O–H groups in total. The first-order chi connectivity index (χ1) is 11.2. The predicted octanol–water partition coefficient (Wildman–Crippen LogP) is -3.50. The van der Waals surface area contributed by atoms with E-state index in [2.05, 4.69) is 27.4 Å². The summed E-state index contributed by atoms with van der Waals surface area (Å²) < 4.78 is 1.37. The molecule has 0 heterocycles. The van der Waals surface area contributed by atoms with Crippen molar-refractivity contribution in [2.75, 3.05) is 19.8 Å². The third kappa shape index (κ3) is 69.4. The second-order valence-electron chi connectivity index (χ2n) is 4.11. The van der Waals surface area contributed by atoms with E-state index in [0.717, 1.165) is 0 Å². The zero-order valence-electron chi connectivity index (χ0n) is 13.9. The van der Waals surface area contributed by atoms with Gasteiger partial charge in [-0.25, -0.2) is 0 Å². The molecule has 10 heteroatoms. The molecule has 0 fully saturated rings. The first-order valence-corrected chi connectivity index (χ1v) is 8.40. The van der Waals surface area contributed by atoms with Crippen molar-refractivity contribution >= 4 is 17.9 Å². The van der Waals surface area contributed by atoms with Crippen molar-refractivity contribution in [1.29, 1.82) is 0 Å². The standard InChI is InChI=1S/C8H17.3C2H4O3.Ti/c1-3-5-7-8-6-4-2;3*3-1-2(4)5;/h1,3-8H2,2H3;3*3H,1H2,(H,4,5);/q;;;;+3/p-3. The molecular weight excluding hydrogens is 360 g/mol. The van der Waals surface area contributed by atoms with Gasteiger partial charge < -0.3 is 45.0 Å². The van der Waals surface area contributed by atoms with Crippen LogP contribution in [0.4, 0.5) is 0 Å². The molecule has 0 radical (unpaired) electrons. The van der Waals surface area contributed by atoms with Gasteiger partial charge in [-0.3, -0.25) is 0 Å². The molecule has 0 spiro atoms. The summed E-state index contributed by atoms with van der Waals surface area (Å²) >= 11 is 2.26. The van der Waals surface area contributed by atoms with Crippen molar-refractivity contribution < 1.29 is 65.5 Å². The molecule has 0 saturated carbocycles. The minimum absolute atomic E-state index is 0.889. The zero-order valence-corrected chi connectivity index (χ0v) is 15.4. The number of aliphatic hydroxyl groups is 3. The number of hydrogen-bond donors (Lipinski definition) is 3. The van der Waals surface area contributed by atoms with E-state index in [1.54, 1.807) is 0 Å². The molecule has 0 aromatic heterocycles. The van der Waals surface area contributed by atoms with Crippen molar-refractivity contribution in [3.8, 4) is 0 Å². The van der Waals surface area contributed by atoms with Crippen LogP contribution < -0.4 is 15.3 Å². The van der Waals surface area contributed by atoms with E-state index in [0.29, 0.717) is 0 Å². The Morgan fingerprint density at radius 2 is 0.958 bits per heavy atom. The van der Waals surface area contributed by atoms with Crippen LogP contribution in [-0.4, -0.2) is 53.0 Å². The number of hydrogen-bond acceptors (Lipinski definition) is 9. The number of rotatable bonds is 9. The van der Waals surface area contributed by atoms with Crippen LogP contribution in [0.25, 0.3) is 0 Å². The number of carbonyl (C=O) groups excluding carboxylic acids is 3. The van der Waals surface area contributed by atoms with Crippen LogP contribution in [-0.2, 0) is 34.8 Å². The summed E-state index contributed by atoms with van der Waals surface area (Å²) in [5.74, 6) is -4.32. The van der Waals surface area contributed by atoms with Gasteiger partial charge >= 0.3 is 70.6 Å². The van der Waals surface area contributed by atoms with Crippen molar-refractivity contribution in [2.45, 2.75) is 50.2 Å². The SMILES string of the molecule is CCCCCCC[CH2][Ti+3].O=C([O-])CO.O=C([O-])CO.O=C([O-])CO. The first kappa shape index (κ1) is 30.8. The molecule has 0 saturated heterocycles. The molecular formula is C14H26O9Ti. The molecule has 0 atom stereocenters. The van der Waals surface area contributed by atoms with E-state index in [9.17, 15) is 0 Å². The molecule has 0 aliphatic carbocycles. The van der Waals surface area contributed by atoms with Crippen molar-refractivity contribution in [3.05, 3.63) is 0 Å². The molecule has 0 amide bonds. The van der Waals surface area contributed by atoms with Crippen molar-refractivity contribution in [1.82, 2.24) is 0 Å². The zero-order chi connectivity index (χ0) is 19.8. The summed E-state index contributed by atoms with van der Waals surface area (Å²) in [6, 6.07) is 0. The maximum atomic E-state index is 9.01. The fourth-order valence-corrected chi connectivity index (χ4v) is 1.30. The number of aliphatic hydroxyl groups excluding tert-OH is 3. The van der Waals surface area contributed by atoms with E-state index in [-0.39, 0.29) is 0 Å². The quantitative estimate of drug-likeness (QED) is 0.267. The number of unbranched alkanes of at least 4 members (excludes halogenated alkanes) is 5. The number of carboxylic acids is 3. The Labute approximate surface area is 153 Å². The van der Waals surface area contributed by atoms with Crippen molar-refractivity contribution in [2.24, 2.45) is 0 Å². The van der Waals surface area contributed by atoms with Crippen LogP contribution in [0, 0.1) is 0 Å². The molecule has 0 aromatic carbocycles. The van der Waals surface area contributed by atoms with Gasteiger partial charge in [-0.05, 0) is 0 Å². The van der Waals surface area contributed by atoms with E-state index >= 15 is 0 Å². The molecule has 0 aliphatic heterocycles. The average Bonchev–Trinajstić information content (AvgIpc) is 2.56. The third-order valence-electron chi connectivity index (χ3n) is 1.92. The summed E-state index contributed by atoms with van der Waals surface area (Å²) in [5.41, 5.74) is 0. The summed E-state index contributed by atoms with van der Waals surface area (Å²) in [7, 11) is 0. The molecule has 0 bridgehead atoms. The van der Waals surface area contributed by atoms with Gasteiger partial charge in [0, 0.05) is 0 Å². The van der Waals surface area contributed by atoms with Gasteiger partial charge in [0.05, 0.1) is 37.7 Å². The Kier molecular flexibility index (Phi) is 38.5. The minimum atomic E-state index is -1.44. The molecule has 140 valence electrons. The Morgan fingerprint density at radius 1 is 0.708 bits per heavy atom. The average molecular weight is 386 g/mol. The molecule has 0 rings (SSSR count). The minimum Gasteiger partial charge on any atom is -0.548 e. The van der Waals surface area contributed by atoms with Crippen LogP contribution >= 0.6 is 0 Å². The number of carboxylic acid groups (broad SMARTS) is 3. The van der Waals surface area contributed by atoms with E-state index in [1.807, 2.05) is 0 Å². The summed E-state index contributed by atoms with van der Waals surface area (Å²) in [4.78, 5) is 27.0. The fraction of sp³-hybridized carbons (Fsp3) is 0.786. The number of carbonyl (C=O) groups is 3. The van der Waals surface area contributed by atoms with Gasteiger partial charge in [0.1, 0.15) is 0 Å². The van der Waals surface area contributed by atoms with Crippen LogP contribution in [0.15, 0.2) is 0 Å². The van der Waals surface area contributed by atoms with Crippen LogP contribution in [0.2, 0.25) is 4.73 Å². The Hall–Kier alpha value is -0.996. The molecule has 0 aliphatic rings. The fourth-order valence-electron chi connectivity index (χ4n) is 0.905. The second-order valence-corrected chi connectivity index (χ2v) is 4.89. The maximum absolute atomic E-state index is 9.01. The van der Waals surface area contributed by atoms with E-state index in [4.69, 9.17) is 45.0 Å². The smallest absolute Gasteiger partial charge is 0.0826 e. The summed E-state index contributed by atoms with van der Waals surface area (Å²) in [5, 5.41) is 49.5. The Balaban J connectivity index is -0.000000116. The van der Waals surface area contributed by atoms with Gasteiger partial charge in [0.2, 0.25) is 0 Å². The summed E-state index contributed by atoms with van der Waals surface area (Å²) in [6.45, 7) is -0.403. The molecule has 24 heavy (non-hydrogen) atoms. The Morgan fingerprint density at radius 3 is 1.17 bits per heavy atom. The monoisotopic (exact) mass is 386 g/mol. The molecule has 0 unspecified atom stereocenters. The third-order valence-corrected chi connectivity index (χ3v) is 2.47. The van der Waals surface area contributed by atoms with Gasteiger partial charge in [0.25, 0.3) is 0 Å². The normalized spacial score (nSPS) is 8.42. The largest absolute Gasteiger partial charge is 0.548 e. The first-order valence-electron chi connectivity index (χ1n) is 7.29. The van der Waals surface area contributed by atoms with Gasteiger partial charge in [-0.2, -0.15) is 0 Å². The second kappa shape index (κ2) is 29.9. The van der Waals surface area contributed by atoms with Crippen LogP contribution in [0.3, 0.4) is 0 Å². The van der Waals surface area contributed by atoms with Gasteiger partial charge in [-0.15, -0.1) is 0 Å². The summed E-state index contributed by atoms with van der Waals surface area (Å²) in [6.07, 6.45) is 8.61. The van der Waals surface area contributed by atoms with Gasteiger partial charge in [0.15, 0.2) is 0 Å². The predicted molar refractivity (Wildman–Crippen MR) is 74.5 cm³/mol. The molecule has 9 nitrogen and oxygen atoms in total. The maximum Gasteiger partial charge on any atom is 0.0826 e. The molecule has 0 aromatic rings. The van der Waals surface area contributed by atoms with Gasteiger partial charge in [-0.1, -0.05) is 0 Å². The van der Waals surface area contributed by atoms with E-state index in [1.165, 1.54) is 43.3 Å². The number of aliphatic carboxylic acids is 3. The topological polar surface area (TPSA) is 181 Å².